The van der Waals surface area contributed by atoms with E-state index in [2.05, 4.69) is 4.90 Å². The van der Waals surface area contributed by atoms with Gasteiger partial charge in [-0.15, -0.1) is 0 Å². The Bertz CT molecular complexity index is 1850. The summed E-state index contributed by atoms with van der Waals surface area (Å²) in [6.07, 6.45) is -0.758. The molecule has 0 saturated carbocycles. The monoisotopic (exact) mass is 684 g/mol. The van der Waals surface area contributed by atoms with Crippen molar-refractivity contribution in [2.45, 2.75) is 58.3 Å². The van der Waals surface area contributed by atoms with E-state index in [9.17, 15) is 19.6 Å². The Kier molecular flexibility index (Phi) is 8.02. The van der Waals surface area contributed by atoms with Crippen LogP contribution in [0.25, 0.3) is 0 Å². The fourth-order valence-corrected chi connectivity index (χ4v) is 7.13. The van der Waals surface area contributed by atoms with Crippen molar-refractivity contribution in [3.63, 3.8) is 0 Å². The molecule has 7 rings (SSSR count). The smallest absolute Gasteiger partial charge is 0.410 e. The summed E-state index contributed by atoms with van der Waals surface area (Å²) in [5.74, 6) is 0.504. The van der Waals surface area contributed by atoms with Gasteiger partial charge in [0.15, 0.2) is 5.60 Å². The molecular weight excluding hydrogens is 640 g/mol. The van der Waals surface area contributed by atoms with Crippen LogP contribution in [-0.2, 0) is 19.8 Å². The molecule has 4 aliphatic rings. The number of amides is 2. The van der Waals surface area contributed by atoms with E-state index in [4.69, 9.17) is 18.9 Å². The van der Waals surface area contributed by atoms with Gasteiger partial charge in [0.2, 0.25) is 0 Å². The van der Waals surface area contributed by atoms with E-state index in [1.54, 1.807) is 28.0 Å². The van der Waals surface area contributed by atoms with Gasteiger partial charge < -0.3 is 38.6 Å². The second-order valence-corrected chi connectivity index (χ2v) is 15.3. The summed E-state index contributed by atoms with van der Waals surface area (Å²) >= 11 is 0. The summed E-state index contributed by atoms with van der Waals surface area (Å²) in [6, 6.07) is 18.6. The van der Waals surface area contributed by atoms with E-state index in [1.165, 1.54) is 0 Å². The molecule has 0 aromatic heterocycles. The molecule has 1 atom stereocenters. The summed E-state index contributed by atoms with van der Waals surface area (Å²) in [7, 11) is 0. The Labute approximate surface area is 292 Å². The third-order valence-electron chi connectivity index (χ3n) is 9.56. The van der Waals surface area contributed by atoms with Gasteiger partial charge in [0.05, 0.1) is 18.7 Å². The molecule has 12 nitrogen and oxygen atoms in total. The number of benzene rings is 3. The molecule has 2 amide bonds. The van der Waals surface area contributed by atoms with Crippen LogP contribution in [0.1, 0.15) is 68.6 Å². The predicted molar refractivity (Wildman–Crippen MR) is 187 cm³/mol. The molecule has 3 aromatic carbocycles. The zero-order chi connectivity index (χ0) is 35.6. The normalized spacial score (nSPS) is 21.1. The van der Waals surface area contributed by atoms with E-state index in [0.29, 0.717) is 65.6 Å². The molecule has 4 aliphatic heterocycles. The Morgan fingerprint density at radius 2 is 1.30 bits per heavy atom. The minimum Gasteiger partial charge on any atom is -0.627 e. The maximum atomic E-state index is 14.3. The third-order valence-corrected chi connectivity index (χ3v) is 9.56. The standard InChI is InChI=1S/C38H44N4O8/c1-36(2,3)49-34(44)40-17-15-39(16-18-40)25-11-13-29-31(23-25)47-32-24-26(42(46)21-19-41(20-22-42)35(45)50-37(4,5)6)12-14-30(32)38(29)28-10-8-7-9-27(28)33(43)48-38/h7-14,23-24H,15-22H2,1-6H3. The Balaban J connectivity index is 1.20. The molecule has 12 heteroatoms. The SMILES string of the molecule is CC(C)(C)OC(=O)N1CCN(c2ccc3c(c2)Oc2cc([N+]4([O-])CCN(C(=O)OC(C)(C)C)CC4)ccc2C32OC(=O)c3ccccc32)CC1. The lowest BCUT2D eigenvalue weighted by Gasteiger charge is -2.48. The van der Waals surface area contributed by atoms with E-state index in [1.807, 2.05) is 84.0 Å². The zero-order valence-electron chi connectivity index (χ0n) is 29.5. The van der Waals surface area contributed by atoms with Crippen molar-refractivity contribution in [3.8, 4) is 11.5 Å². The summed E-state index contributed by atoms with van der Waals surface area (Å²) in [4.78, 5) is 44.2. The first-order valence-electron chi connectivity index (χ1n) is 17.2. The average molecular weight is 685 g/mol. The number of rotatable bonds is 2. The highest BCUT2D eigenvalue weighted by molar-refractivity contribution is 5.97. The van der Waals surface area contributed by atoms with E-state index < -0.39 is 33.5 Å². The van der Waals surface area contributed by atoms with Gasteiger partial charge in [0.1, 0.15) is 41.5 Å². The average Bonchev–Trinajstić information content (AvgIpc) is 3.35. The minimum absolute atomic E-state index is 0.150. The number of hydrogen-bond donors (Lipinski definition) is 0. The van der Waals surface area contributed by atoms with Crippen molar-refractivity contribution < 1.29 is 33.3 Å². The fraction of sp³-hybridized carbons (Fsp3) is 0.447. The summed E-state index contributed by atoms with van der Waals surface area (Å²) in [5, 5.41) is 14.3. The van der Waals surface area contributed by atoms with Crippen LogP contribution in [0.5, 0.6) is 11.5 Å². The van der Waals surface area contributed by atoms with Crippen molar-refractivity contribution in [2.75, 3.05) is 57.3 Å². The number of esters is 1. The number of fused-ring (bicyclic) bond motifs is 6. The Morgan fingerprint density at radius 3 is 1.92 bits per heavy atom. The van der Waals surface area contributed by atoms with Crippen LogP contribution < -0.4 is 14.3 Å². The van der Waals surface area contributed by atoms with Crippen LogP contribution in [0.3, 0.4) is 0 Å². The number of hydroxylamine groups is 2. The number of nitrogens with zero attached hydrogens (tertiary/aromatic N) is 4. The summed E-state index contributed by atoms with van der Waals surface area (Å²) in [5.41, 5.74) is 1.41. The van der Waals surface area contributed by atoms with Crippen LogP contribution in [0, 0.1) is 5.21 Å². The highest BCUT2D eigenvalue weighted by Crippen LogP contribution is 2.57. The second-order valence-electron chi connectivity index (χ2n) is 15.3. The lowest BCUT2D eigenvalue weighted by molar-refractivity contribution is 0.0175. The van der Waals surface area contributed by atoms with Crippen LogP contribution in [0.15, 0.2) is 60.7 Å². The lowest BCUT2D eigenvalue weighted by Crippen LogP contribution is -2.58. The number of piperazine rings is 2. The molecule has 0 radical (unpaired) electrons. The number of ether oxygens (including phenoxy) is 4. The second kappa shape index (κ2) is 11.9. The lowest BCUT2D eigenvalue weighted by atomic mass is 9.77. The molecule has 0 N–H and O–H groups in total. The van der Waals surface area contributed by atoms with Gasteiger partial charge >= 0.3 is 18.2 Å². The van der Waals surface area contributed by atoms with Crippen LogP contribution in [0.4, 0.5) is 21.0 Å². The highest BCUT2D eigenvalue weighted by Gasteiger charge is 2.54. The van der Waals surface area contributed by atoms with Crippen molar-refractivity contribution >= 4 is 29.5 Å². The first-order chi connectivity index (χ1) is 23.6. The van der Waals surface area contributed by atoms with Crippen molar-refractivity contribution in [1.29, 1.82) is 0 Å². The van der Waals surface area contributed by atoms with Crippen molar-refractivity contribution in [2.24, 2.45) is 0 Å². The van der Waals surface area contributed by atoms with Crippen LogP contribution >= 0.6 is 0 Å². The largest absolute Gasteiger partial charge is 0.627 e. The minimum atomic E-state index is -1.27. The van der Waals surface area contributed by atoms with Gasteiger partial charge in [0.25, 0.3) is 0 Å². The molecule has 264 valence electrons. The Hall–Kier alpha value is -4.81. The molecular formula is C38H44N4O8. The molecule has 2 saturated heterocycles. The van der Waals surface area contributed by atoms with Gasteiger partial charge in [-0.05, 0) is 65.8 Å². The number of carbonyl (C=O) groups is 3. The maximum Gasteiger partial charge on any atom is 0.410 e. The fourth-order valence-electron chi connectivity index (χ4n) is 7.13. The molecule has 50 heavy (non-hydrogen) atoms. The number of anilines is 1. The topological polar surface area (TPSA) is 121 Å². The molecule has 2 fully saturated rings. The summed E-state index contributed by atoms with van der Waals surface area (Å²) < 4.78 is 23.4. The highest BCUT2D eigenvalue weighted by atomic mass is 16.6. The van der Waals surface area contributed by atoms with E-state index >= 15 is 0 Å². The van der Waals surface area contributed by atoms with Crippen LogP contribution in [-0.4, -0.2) is 91.5 Å². The Morgan fingerprint density at radius 1 is 0.740 bits per heavy atom. The number of hydrogen-bond acceptors (Lipinski definition) is 9. The number of carbonyl (C=O) groups excluding carboxylic acids is 3. The first-order valence-corrected chi connectivity index (χ1v) is 17.2. The summed E-state index contributed by atoms with van der Waals surface area (Å²) in [6.45, 7) is 14.0. The van der Waals surface area contributed by atoms with Gasteiger partial charge in [-0.3, -0.25) is 4.90 Å². The van der Waals surface area contributed by atoms with Crippen LogP contribution in [0.2, 0.25) is 0 Å². The van der Waals surface area contributed by atoms with Gasteiger partial charge in [-0.1, -0.05) is 18.2 Å². The maximum absolute atomic E-state index is 14.3. The quantitative estimate of drug-likeness (QED) is 0.131. The third kappa shape index (κ3) is 6.00. The molecule has 3 aromatic rings. The molecule has 1 unspecified atom stereocenters. The van der Waals surface area contributed by atoms with Gasteiger partial charge in [-0.2, -0.15) is 0 Å². The first kappa shape index (κ1) is 33.7. The molecule has 0 aliphatic carbocycles. The molecule has 4 heterocycles. The van der Waals surface area contributed by atoms with E-state index in [0.717, 1.165) is 5.69 Å². The predicted octanol–water partition coefficient (Wildman–Crippen LogP) is 6.37. The van der Waals surface area contributed by atoms with Gasteiger partial charge in [0, 0.05) is 66.8 Å². The molecule has 1 spiro atoms. The number of quaternary nitrogens is 1. The van der Waals surface area contributed by atoms with Crippen molar-refractivity contribution in [1.82, 2.24) is 14.4 Å². The van der Waals surface area contributed by atoms with Gasteiger partial charge in [-0.25, -0.2) is 14.4 Å². The van der Waals surface area contributed by atoms with E-state index in [-0.39, 0.29) is 32.3 Å². The zero-order valence-corrected chi connectivity index (χ0v) is 29.5. The molecule has 0 bridgehead atoms. The van der Waals surface area contributed by atoms with Crippen molar-refractivity contribution in [3.05, 3.63) is 88.1 Å².